The van der Waals surface area contributed by atoms with Crippen molar-refractivity contribution < 1.29 is 5.11 Å². The topological polar surface area (TPSA) is 20.2 Å². The van der Waals surface area contributed by atoms with Gasteiger partial charge in [0.25, 0.3) is 0 Å². The summed E-state index contributed by atoms with van der Waals surface area (Å²) in [7, 11) is 0. The molecule has 0 unspecified atom stereocenters. The minimum atomic E-state index is -1.07. The second-order valence-corrected chi connectivity index (χ2v) is 2.16. The summed E-state index contributed by atoms with van der Waals surface area (Å²) in [6.45, 7) is 6.97. The van der Waals surface area contributed by atoms with Crippen LogP contribution in [0.5, 0.6) is 0 Å². The minimum Gasteiger partial charge on any atom is -0.377 e. The molecular formula is C9H12O. The highest BCUT2D eigenvalue weighted by atomic mass is 16.3. The van der Waals surface area contributed by atoms with E-state index in [0.29, 0.717) is 12.8 Å². The summed E-state index contributed by atoms with van der Waals surface area (Å²) >= 11 is 0. The van der Waals surface area contributed by atoms with Crippen LogP contribution in [0.1, 0.15) is 12.8 Å². The minimum absolute atomic E-state index is 0.412. The molecule has 0 radical (unpaired) electrons. The van der Waals surface area contributed by atoms with Crippen LogP contribution in [-0.4, -0.2) is 10.7 Å². The molecule has 0 aliphatic carbocycles. The number of aliphatic hydroxyl groups is 1. The van der Waals surface area contributed by atoms with Gasteiger partial charge in [0.15, 0.2) is 0 Å². The van der Waals surface area contributed by atoms with Crippen LogP contribution in [0.4, 0.5) is 0 Å². The van der Waals surface area contributed by atoms with Crippen LogP contribution in [-0.2, 0) is 0 Å². The Hall–Kier alpha value is -1.00. The summed E-state index contributed by atoms with van der Waals surface area (Å²) in [4.78, 5) is 0. The molecule has 0 bridgehead atoms. The normalized spacial score (nSPS) is 10.0. The smallest absolute Gasteiger partial charge is 0.132 e. The van der Waals surface area contributed by atoms with Crippen molar-refractivity contribution in [3.8, 4) is 12.3 Å². The first-order valence-electron chi connectivity index (χ1n) is 3.10. The second kappa shape index (κ2) is 3.92. The highest BCUT2D eigenvalue weighted by Crippen LogP contribution is 2.14. The molecule has 1 N–H and O–H groups in total. The van der Waals surface area contributed by atoms with E-state index < -0.39 is 5.60 Å². The zero-order valence-corrected chi connectivity index (χ0v) is 6.01. The molecule has 0 aromatic rings. The van der Waals surface area contributed by atoms with E-state index in [4.69, 9.17) is 6.42 Å². The van der Waals surface area contributed by atoms with E-state index >= 15 is 0 Å². The van der Waals surface area contributed by atoms with Crippen LogP contribution in [0.2, 0.25) is 0 Å². The molecule has 0 fully saturated rings. The van der Waals surface area contributed by atoms with Gasteiger partial charge >= 0.3 is 0 Å². The molecule has 0 amide bonds. The number of hydrogen-bond acceptors (Lipinski definition) is 1. The average Bonchev–Trinajstić information content (AvgIpc) is 1.89. The first-order valence-corrected chi connectivity index (χ1v) is 3.10. The molecule has 10 heavy (non-hydrogen) atoms. The van der Waals surface area contributed by atoms with Gasteiger partial charge in [0.05, 0.1) is 0 Å². The molecule has 1 nitrogen and oxygen atoms in total. The third kappa shape index (κ3) is 2.52. The Morgan fingerprint density at radius 1 is 1.40 bits per heavy atom. The third-order valence-corrected chi connectivity index (χ3v) is 1.23. The first-order chi connectivity index (χ1) is 4.68. The molecule has 0 atom stereocenters. The van der Waals surface area contributed by atoms with Crippen LogP contribution in [0.3, 0.4) is 0 Å². The van der Waals surface area contributed by atoms with Gasteiger partial charge in [0.1, 0.15) is 5.60 Å². The first kappa shape index (κ1) is 9.00. The SMILES string of the molecule is C#CC(O)(CC=C)CC=C. The van der Waals surface area contributed by atoms with Crippen LogP contribution >= 0.6 is 0 Å². The molecule has 0 aromatic heterocycles. The lowest BCUT2D eigenvalue weighted by Crippen LogP contribution is -2.24. The van der Waals surface area contributed by atoms with Gasteiger partial charge in [-0.3, -0.25) is 0 Å². The van der Waals surface area contributed by atoms with Crippen molar-refractivity contribution in [2.45, 2.75) is 18.4 Å². The third-order valence-electron chi connectivity index (χ3n) is 1.23. The standard InChI is InChI=1S/C9H12O/c1-4-7-9(10,6-3)8-5-2/h3-5,10H,1-2,7-8H2. The van der Waals surface area contributed by atoms with Gasteiger partial charge in [-0.05, 0) is 0 Å². The second-order valence-electron chi connectivity index (χ2n) is 2.16. The molecule has 0 aliphatic heterocycles. The summed E-state index contributed by atoms with van der Waals surface area (Å²) in [6.07, 6.45) is 9.11. The van der Waals surface area contributed by atoms with E-state index in [1.165, 1.54) is 0 Å². The highest BCUT2D eigenvalue weighted by molar-refractivity contribution is 5.12. The molecule has 0 rings (SSSR count). The molecule has 0 heterocycles. The van der Waals surface area contributed by atoms with E-state index in [1.54, 1.807) is 12.2 Å². The van der Waals surface area contributed by atoms with Gasteiger partial charge in [-0.2, -0.15) is 0 Å². The van der Waals surface area contributed by atoms with Gasteiger partial charge in [0.2, 0.25) is 0 Å². The lowest BCUT2D eigenvalue weighted by Gasteiger charge is -2.17. The number of hydrogen-bond donors (Lipinski definition) is 1. The van der Waals surface area contributed by atoms with E-state index in [2.05, 4.69) is 19.1 Å². The fraction of sp³-hybridized carbons (Fsp3) is 0.333. The molecule has 0 saturated carbocycles. The maximum absolute atomic E-state index is 9.44. The van der Waals surface area contributed by atoms with Crippen molar-refractivity contribution in [3.05, 3.63) is 25.3 Å². The summed E-state index contributed by atoms with van der Waals surface area (Å²) in [5.74, 6) is 2.29. The Kier molecular flexibility index (Phi) is 3.53. The van der Waals surface area contributed by atoms with Gasteiger partial charge in [0, 0.05) is 12.8 Å². The predicted octanol–water partition coefficient (Wildman–Crippen LogP) is 1.50. The van der Waals surface area contributed by atoms with Crippen molar-refractivity contribution in [2.75, 3.05) is 0 Å². The molecule has 1 heteroatoms. The van der Waals surface area contributed by atoms with Gasteiger partial charge < -0.3 is 5.11 Å². The molecule has 0 aromatic carbocycles. The fourth-order valence-corrected chi connectivity index (χ4v) is 0.679. The van der Waals surface area contributed by atoms with Crippen LogP contribution in [0, 0.1) is 12.3 Å². The maximum atomic E-state index is 9.44. The van der Waals surface area contributed by atoms with E-state index in [0.717, 1.165) is 0 Å². The van der Waals surface area contributed by atoms with Crippen molar-refractivity contribution in [1.29, 1.82) is 0 Å². The van der Waals surface area contributed by atoms with E-state index in [1.807, 2.05) is 0 Å². The van der Waals surface area contributed by atoms with Crippen LogP contribution in [0.15, 0.2) is 25.3 Å². The summed E-state index contributed by atoms with van der Waals surface area (Å²) in [5.41, 5.74) is -1.07. The number of rotatable bonds is 4. The zero-order valence-electron chi connectivity index (χ0n) is 6.01. The van der Waals surface area contributed by atoms with Crippen molar-refractivity contribution in [3.63, 3.8) is 0 Å². The Balaban J connectivity index is 4.09. The largest absolute Gasteiger partial charge is 0.377 e. The van der Waals surface area contributed by atoms with E-state index in [-0.39, 0.29) is 0 Å². The lowest BCUT2D eigenvalue weighted by atomic mass is 9.97. The summed E-state index contributed by atoms with van der Waals surface area (Å²) in [6, 6.07) is 0. The Bertz CT molecular complexity index is 152. The highest BCUT2D eigenvalue weighted by Gasteiger charge is 2.19. The Labute approximate surface area is 62.1 Å². The zero-order chi connectivity index (χ0) is 8.04. The van der Waals surface area contributed by atoms with Crippen molar-refractivity contribution >= 4 is 0 Å². The van der Waals surface area contributed by atoms with Gasteiger partial charge in [-0.1, -0.05) is 18.1 Å². The van der Waals surface area contributed by atoms with Gasteiger partial charge in [-0.15, -0.1) is 19.6 Å². The lowest BCUT2D eigenvalue weighted by molar-refractivity contribution is 0.108. The van der Waals surface area contributed by atoms with E-state index in [9.17, 15) is 5.11 Å². The molecular weight excluding hydrogens is 124 g/mol. The number of terminal acetylenes is 1. The van der Waals surface area contributed by atoms with Crippen molar-refractivity contribution in [1.82, 2.24) is 0 Å². The maximum Gasteiger partial charge on any atom is 0.132 e. The Morgan fingerprint density at radius 2 is 1.80 bits per heavy atom. The predicted molar refractivity (Wildman–Crippen MR) is 43.4 cm³/mol. The van der Waals surface area contributed by atoms with Crippen LogP contribution < -0.4 is 0 Å². The summed E-state index contributed by atoms with van der Waals surface area (Å²) < 4.78 is 0. The van der Waals surface area contributed by atoms with Crippen LogP contribution in [0.25, 0.3) is 0 Å². The molecule has 0 aliphatic rings. The summed E-state index contributed by atoms with van der Waals surface area (Å²) in [5, 5.41) is 9.44. The molecule has 0 saturated heterocycles. The Morgan fingerprint density at radius 3 is 2.00 bits per heavy atom. The molecule has 0 spiro atoms. The average molecular weight is 136 g/mol. The molecule has 54 valence electrons. The van der Waals surface area contributed by atoms with Crippen molar-refractivity contribution in [2.24, 2.45) is 0 Å². The fourth-order valence-electron chi connectivity index (χ4n) is 0.679. The quantitative estimate of drug-likeness (QED) is 0.458. The van der Waals surface area contributed by atoms with Gasteiger partial charge in [-0.25, -0.2) is 0 Å². The monoisotopic (exact) mass is 136 g/mol.